The molecule has 0 aromatic heterocycles. The SMILES string of the molecule is CCCCO.[Y+3]. The average molecular weight is 163 g/mol. The summed E-state index contributed by atoms with van der Waals surface area (Å²) in [6.45, 7) is 2.40. The van der Waals surface area contributed by atoms with E-state index in [2.05, 4.69) is 6.92 Å². The van der Waals surface area contributed by atoms with Gasteiger partial charge in [-0.15, -0.1) is 0 Å². The Morgan fingerprint density at radius 2 is 2.00 bits per heavy atom. The fraction of sp³-hybridized carbons (Fsp3) is 1.00. The topological polar surface area (TPSA) is 20.2 Å². The maximum Gasteiger partial charge on any atom is 3.00 e. The van der Waals surface area contributed by atoms with Crippen LogP contribution in [0.3, 0.4) is 0 Å². The molecule has 2 heteroatoms. The van der Waals surface area contributed by atoms with Gasteiger partial charge in [-0.3, -0.25) is 0 Å². The first-order valence-corrected chi connectivity index (χ1v) is 2.02. The van der Waals surface area contributed by atoms with Crippen molar-refractivity contribution in [2.45, 2.75) is 19.8 Å². The van der Waals surface area contributed by atoms with Gasteiger partial charge < -0.3 is 5.11 Å². The molecule has 0 atom stereocenters. The summed E-state index contributed by atoms with van der Waals surface area (Å²) in [6, 6.07) is 0. The van der Waals surface area contributed by atoms with Crippen molar-refractivity contribution in [3.05, 3.63) is 0 Å². The van der Waals surface area contributed by atoms with Crippen LogP contribution in [-0.2, 0) is 32.7 Å². The van der Waals surface area contributed by atoms with Gasteiger partial charge in [-0.25, -0.2) is 0 Å². The number of hydrogen-bond acceptors (Lipinski definition) is 1. The molecule has 1 N–H and O–H groups in total. The maximum absolute atomic E-state index is 8.07. The molecule has 0 aliphatic carbocycles. The molecule has 6 heavy (non-hydrogen) atoms. The molecule has 0 saturated carbocycles. The minimum absolute atomic E-state index is 0. The molecule has 0 amide bonds. The van der Waals surface area contributed by atoms with Crippen LogP contribution >= 0.6 is 0 Å². The molecule has 0 aromatic carbocycles. The van der Waals surface area contributed by atoms with Gasteiger partial charge in [-0.05, 0) is 6.42 Å². The number of aliphatic hydroxyl groups excluding tert-OH is 1. The van der Waals surface area contributed by atoms with E-state index in [0.717, 1.165) is 12.8 Å². The molecule has 0 fully saturated rings. The Bertz CT molecular complexity index is 15.0. The summed E-state index contributed by atoms with van der Waals surface area (Å²) in [6.07, 6.45) is 2.04. The predicted octanol–water partition coefficient (Wildman–Crippen LogP) is 0.776. The number of hydrogen-bond donors (Lipinski definition) is 1. The third-order valence-corrected chi connectivity index (χ3v) is 0.512. The van der Waals surface area contributed by atoms with Gasteiger partial charge in [-0.2, -0.15) is 0 Å². The van der Waals surface area contributed by atoms with Crippen molar-refractivity contribution >= 4 is 0 Å². The van der Waals surface area contributed by atoms with Crippen molar-refractivity contribution in [3.63, 3.8) is 0 Å². The van der Waals surface area contributed by atoms with Crippen LogP contribution in [0.1, 0.15) is 19.8 Å². The van der Waals surface area contributed by atoms with Gasteiger partial charge in [0.2, 0.25) is 0 Å². The predicted molar refractivity (Wildman–Crippen MR) is 22.0 cm³/mol. The van der Waals surface area contributed by atoms with Gasteiger partial charge in [0.05, 0.1) is 0 Å². The Labute approximate surface area is 64.0 Å². The molecule has 0 aliphatic heterocycles. The molecule has 0 aliphatic rings. The zero-order valence-electron chi connectivity index (χ0n) is 4.15. The second-order valence-electron chi connectivity index (χ2n) is 1.08. The second kappa shape index (κ2) is 9.42. The summed E-state index contributed by atoms with van der Waals surface area (Å²) in [7, 11) is 0. The fourth-order valence-corrected chi connectivity index (χ4v) is 0.158. The Balaban J connectivity index is 0. The Morgan fingerprint density at radius 1 is 1.50 bits per heavy atom. The first-order valence-electron chi connectivity index (χ1n) is 2.02. The largest absolute Gasteiger partial charge is 3.00 e. The van der Waals surface area contributed by atoms with Crippen molar-refractivity contribution < 1.29 is 37.8 Å². The summed E-state index contributed by atoms with van der Waals surface area (Å²) < 4.78 is 0. The van der Waals surface area contributed by atoms with Crippen LogP contribution in [0.4, 0.5) is 0 Å². The van der Waals surface area contributed by atoms with E-state index in [1.54, 1.807) is 0 Å². The first-order chi connectivity index (χ1) is 2.41. The van der Waals surface area contributed by atoms with Crippen LogP contribution in [0, 0.1) is 0 Å². The molecule has 0 radical (unpaired) electrons. The Morgan fingerprint density at radius 3 is 2.00 bits per heavy atom. The van der Waals surface area contributed by atoms with Gasteiger partial charge in [0.1, 0.15) is 0 Å². The van der Waals surface area contributed by atoms with Crippen LogP contribution in [0.5, 0.6) is 0 Å². The Hall–Kier alpha value is 1.06. The quantitative estimate of drug-likeness (QED) is 0.637. The summed E-state index contributed by atoms with van der Waals surface area (Å²) in [5, 5.41) is 8.07. The number of aliphatic hydroxyl groups is 1. The standard InChI is InChI=1S/C4H10O.Y/c1-2-3-4-5;/h5H,2-4H2,1H3;/q;+3. The normalized spacial score (nSPS) is 7.00. The summed E-state index contributed by atoms with van der Waals surface area (Å²) in [5.41, 5.74) is 0. The van der Waals surface area contributed by atoms with Crippen molar-refractivity contribution in [1.29, 1.82) is 0 Å². The first kappa shape index (κ1) is 10.1. The minimum atomic E-state index is 0. The van der Waals surface area contributed by atoms with Crippen molar-refractivity contribution in [3.8, 4) is 0 Å². The van der Waals surface area contributed by atoms with E-state index in [9.17, 15) is 0 Å². The molecule has 0 unspecified atom stereocenters. The minimum Gasteiger partial charge on any atom is -0.396 e. The molecule has 0 heterocycles. The summed E-state index contributed by atoms with van der Waals surface area (Å²) in [5.74, 6) is 0. The fourth-order valence-electron chi connectivity index (χ4n) is 0.158. The van der Waals surface area contributed by atoms with Crippen LogP contribution in [0.25, 0.3) is 0 Å². The molecule has 32 valence electrons. The van der Waals surface area contributed by atoms with Gasteiger partial charge in [0, 0.05) is 6.61 Å². The van der Waals surface area contributed by atoms with Gasteiger partial charge in [-0.1, -0.05) is 13.3 Å². The van der Waals surface area contributed by atoms with Gasteiger partial charge in [0.25, 0.3) is 0 Å². The van der Waals surface area contributed by atoms with Crippen LogP contribution in [-0.4, -0.2) is 11.7 Å². The van der Waals surface area contributed by atoms with E-state index in [-0.39, 0.29) is 32.7 Å². The number of unbranched alkanes of at least 4 members (excludes halogenated alkanes) is 1. The third kappa shape index (κ3) is 8.91. The van der Waals surface area contributed by atoms with E-state index in [1.807, 2.05) is 0 Å². The molecule has 0 bridgehead atoms. The van der Waals surface area contributed by atoms with Crippen LogP contribution in [0.2, 0.25) is 0 Å². The average Bonchev–Trinajstić information content (AvgIpc) is 1.41. The molecular formula is C4H10OY+3. The van der Waals surface area contributed by atoms with Crippen LogP contribution in [0.15, 0.2) is 0 Å². The van der Waals surface area contributed by atoms with E-state index >= 15 is 0 Å². The van der Waals surface area contributed by atoms with Crippen molar-refractivity contribution in [1.82, 2.24) is 0 Å². The van der Waals surface area contributed by atoms with Gasteiger partial charge in [0.15, 0.2) is 0 Å². The van der Waals surface area contributed by atoms with E-state index in [4.69, 9.17) is 5.11 Å². The summed E-state index contributed by atoms with van der Waals surface area (Å²) >= 11 is 0. The van der Waals surface area contributed by atoms with Crippen molar-refractivity contribution in [2.75, 3.05) is 6.61 Å². The zero-order valence-corrected chi connectivity index (χ0v) is 6.98. The van der Waals surface area contributed by atoms with E-state index in [0.29, 0.717) is 6.61 Å². The van der Waals surface area contributed by atoms with E-state index in [1.165, 1.54) is 0 Å². The second-order valence-corrected chi connectivity index (χ2v) is 1.08. The smallest absolute Gasteiger partial charge is 0.396 e. The molecule has 1 nitrogen and oxygen atoms in total. The van der Waals surface area contributed by atoms with Gasteiger partial charge >= 0.3 is 32.7 Å². The molecule has 0 saturated heterocycles. The molecule has 0 rings (SSSR count). The molecule has 0 aromatic rings. The monoisotopic (exact) mass is 163 g/mol. The third-order valence-electron chi connectivity index (χ3n) is 0.512. The van der Waals surface area contributed by atoms with Crippen molar-refractivity contribution in [2.24, 2.45) is 0 Å². The Kier molecular flexibility index (Phi) is 15.9. The zero-order chi connectivity index (χ0) is 4.12. The molecule has 0 spiro atoms. The maximum atomic E-state index is 8.07. The van der Waals surface area contributed by atoms with Crippen LogP contribution < -0.4 is 0 Å². The van der Waals surface area contributed by atoms with E-state index < -0.39 is 0 Å². The summed E-state index contributed by atoms with van der Waals surface area (Å²) in [4.78, 5) is 0. The molecular weight excluding hydrogens is 153 g/mol. The number of rotatable bonds is 2.